The van der Waals surface area contributed by atoms with Gasteiger partial charge >= 0.3 is 0 Å². The molecule has 1 aliphatic heterocycles. The van der Waals surface area contributed by atoms with Crippen LogP contribution in [0.3, 0.4) is 0 Å². The molecular formula is C21H22N2O3S3. The SMILES string of the molecule is O=C(Cc1ccc(S(=O)(=O)N2CCCC2)s1)N[C@H](c1ccccc1)c1cccs1. The van der Waals surface area contributed by atoms with Gasteiger partial charge in [-0.15, -0.1) is 22.7 Å². The van der Waals surface area contributed by atoms with Gasteiger partial charge < -0.3 is 5.32 Å². The monoisotopic (exact) mass is 446 g/mol. The zero-order chi connectivity index (χ0) is 20.3. The number of carbonyl (C=O) groups is 1. The van der Waals surface area contributed by atoms with Crippen LogP contribution in [0.1, 0.15) is 34.2 Å². The molecular weight excluding hydrogens is 424 g/mol. The van der Waals surface area contributed by atoms with Crippen molar-refractivity contribution in [3.8, 4) is 0 Å². The number of benzene rings is 1. The van der Waals surface area contributed by atoms with Crippen molar-refractivity contribution < 1.29 is 13.2 Å². The van der Waals surface area contributed by atoms with Crippen molar-refractivity contribution >= 4 is 38.6 Å². The van der Waals surface area contributed by atoms with Gasteiger partial charge in [0.1, 0.15) is 4.21 Å². The number of hydrogen-bond donors (Lipinski definition) is 1. The lowest BCUT2D eigenvalue weighted by Crippen LogP contribution is -2.29. The lowest BCUT2D eigenvalue weighted by atomic mass is 10.1. The zero-order valence-corrected chi connectivity index (χ0v) is 18.2. The van der Waals surface area contributed by atoms with Gasteiger partial charge in [-0.3, -0.25) is 4.79 Å². The maximum Gasteiger partial charge on any atom is 0.252 e. The van der Waals surface area contributed by atoms with Crippen molar-refractivity contribution in [3.05, 3.63) is 75.3 Å². The van der Waals surface area contributed by atoms with Crippen LogP contribution in [-0.4, -0.2) is 31.7 Å². The number of thiophene rings is 2. The van der Waals surface area contributed by atoms with Crippen LogP contribution in [0.25, 0.3) is 0 Å². The summed E-state index contributed by atoms with van der Waals surface area (Å²) in [7, 11) is -3.43. The van der Waals surface area contributed by atoms with Crippen LogP contribution in [-0.2, 0) is 21.2 Å². The highest BCUT2D eigenvalue weighted by atomic mass is 32.2. The van der Waals surface area contributed by atoms with Crippen LogP contribution < -0.4 is 5.32 Å². The summed E-state index contributed by atoms with van der Waals surface area (Å²) in [5.74, 6) is -0.126. The summed E-state index contributed by atoms with van der Waals surface area (Å²) in [5.41, 5.74) is 1.02. The molecule has 0 saturated carbocycles. The summed E-state index contributed by atoms with van der Waals surface area (Å²) in [6.45, 7) is 1.16. The molecule has 3 heterocycles. The molecule has 1 N–H and O–H groups in total. The fourth-order valence-corrected chi connectivity index (χ4v) is 7.27. The highest BCUT2D eigenvalue weighted by Crippen LogP contribution is 2.29. The largest absolute Gasteiger partial charge is 0.344 e. The molecule has 1 amide bonds. The van der Waals surface area contributed by atoms with Gasteiger partial charge in [-0.1, -0.05) is 36.4 Å². The topological polar surface area (TPSA) is 66.5 Å². The number of hydrogen-bond acceptors (Lipinski definition) is 5. The van der Waals surface area contributed by atoms with Gasteiger partial charge in [0, 0.05) is 22.8 Å². The van der Waals surface area contributed by atoms with E-state index >= 15 is 0 Å². The van der Waals surface area contributed by atoms with Gasteiger partial charge in [0.05, 0.1) is 12.5 Å². The van der Waals surface area contributed by atoms with E-state index in [2.05, 4.69) is 5.32 Å². The van der Waals surface area contributed by atoms with Crippen molar-refractivity contribution in [3.63, 3.8) is 0 Å². The number of amides is 1. The molecule has 152 valence electrons. The third kappa shape index (κ3) is 4.61. The van der Waals surface area contributed by atoms with Crippen LogP contribution in [0.4, 0.5) is 0 Å². The number of rotatable bonds is 7. The number of nitrogens with one attached hydrogen (secondary N) is 1. The Morgan fingerprint density at radius 2 is 1.79 bits per heavy atom. The Morgan fingerprint density at radius 3 is 2.48 bits per heavy atom. The fourth-order valence-electron chi connectivity index (χ4n) is 3.44. The first-order chi connectivity index (χ1) is 14.0. The number of carbonyl (C=O) groups excluding carboxylic acids is 1. The molecule has 1 saturated heterocycles. The Bertz CT molecular complexity index is 1050. The highest BCUT2D eigenvalue weighted by Gasteiger charge is 2.28. The molecule has 29 heavy (non-hydrogen) atoms. The summed E-state index contributed by atoms with van der Waals surface area (Å²) < 4.78 is 27.2. The first-order valence-corrected chi connectivity index (χ1v) is 12.6. The molecule has 8 heteroatoms. The first-order valence-electron chi connectivity index (χ1n) is 9.50. The van der Waals surface area contributed by atoms with Gasteiger partial charge in [0.2, 0.25) is 5.91 Å². The van der Waals surface area contributed by atoms with Crippen molar-refractivity contribution in [2.45, 2.75) is 29.5 Å². The maximum absolute atomic E-state index is 12.7. The summed E-state index contributed by atoms with van der Waals surface area (Å²) >= 11 is 2.79. The minimum atomic E-state index is -3.43. The highest BCUT2D eigenvalue weighted by molar-refractivity contribution is 7.91. The van der Waals surface area contributed by atoms with Crippen LogP contribution in [0.5, 0.6) is 0 Å². The molecule has 5 nitrogen and oxygen atoms in total. The summed E-state index contributed by atoms with van der Waals surface area (Å²) in [4.78, 5) is 14.6. The second-order valence-corrected chi connectivity index (χ2v) is 11.2. The fraction of sp³-hybridized carbons (Fsp3) is 0.286. The van der Waals surface area contributed by atoms with E-state index < -0.39 is 10.0 Å². The third-order valence-electron chi connectivity index (χ3n) is 4.90. The van der Waals surface area contributed by atoms with Crippen LogP contribution in [0.2, 0.25) is 0 Å². The second-order valence-electron chi connectivity index (χ2n) is 6.94. The van der Waals surface area contributed by atoms with Crippen LogP contribution >= 0.6 is 22.7 Å². The van der Waals surface area contributed by atoms with E-state index in [4.69, 9.17) is 0 Å². The summed E-state index contributed by atoms with van der Waals surface area (Å²) in [6, 6.07) is 17.0. The standard InChI is InChI=1S/C21H22N2O3S3/c24-19(22-21(18-9-6-14-27-18)16-7-2-1-3-8-16)15-17-10-11-20(28-17)29(25,26)23-12-4-5-13-23/h1-3,6-11,14,21H,4-5,12-13,15H2,(H,22,24)/t21-/m1/s1. The lowest BCUT2D eigenvalue weighted by molar-refractivity contribution is -0.120. The molecule has 0 spiro atoms. The van der Waals surface area contributed by atoms with E-state index in [-0.39, 0.29) is 18.4 Å². The second kappa shape index (κ2) is 8.79. The number of sulfonamides is 1. The van der Waals surface area contributed by atoms with E-state index in [1.54, 1.807) is 23.5 Å². The van der Waals surface area contributed by atoms with E-state index in [0.717, 1.165) is 28.2 Å². The number of nitrogens with zero attached hydrogens (tertiary/aromatic N) is 1. The molecule has 3 aromatic rings. The van der Waals surface area contributed by atoms with E-state index in [9.17, 15) is 13.2 Å². The van der Waals surface area contributed by atoms with Crippen molar-refractivity contribution in [2.75, 3.05) is 13.1 Å². The first kappa shape index (κ1) is 20.3. The zero-order valence-electron chi connectivity index (χ0n) is 15.8. The minimum Gasteiger partial charge on any atom is -0.344 e. The quantitative estimate of drug-likeness (QED) is 0.596. The smallest absolute Gasteiger partial charge is 0.252 e. The normalized spacial score (nSPS) is 16.0. The molecule has 0 bridgehead atoms. The molecule has 1 aromatic carbocycles. The van der Waals surface area contributed by atoms with E-state index in [0.29, 0.717) is 17.3 Å². The van der Waals surface area contributed by atoms with Gasteiger partial charge in [-0.25, -0.2) is 8.42 Å². The molecule has 1 aliphatic rings. The lowest BCUT2D eigenvalue weighted by Gasteiger charge is -2.18. The van der Waals surface area contributed by atoms with Crippen LogP contribution in [0, 0.1) is 0 Å². The average molecular weight is 447 g/mol. The van der Waals surface area contributed by atoms with Crippen LogP contribution in [0.15, 0.2) is 64.2 Å². The van der Waals surface area contributed by atoms with E-state index in [1.165, 1.54) is 15.6 Å². The molecule has 1 fully saturated rings. The average Bonchev–Trinajstić information content (AvgIpc) is 3.49. The van der Waals surface area contributed by atoms with E-state index in [1.807, 2.05) is 47.8 Å². The molecule has 2 aromatic heterocycles. The predicted octanol–water partition coefficient (Wildman–Crippen LogP) is 4.04. The Kier molecular flexibility index (Phi) is 6.15. The van der Waals surface area contributed by atoms with Gasteiger partial charge in [0.15, 0.2) is 0 Å². The molecule has 1 atom stereocenters. The summed E-state index contributed by atoms with van der Waals surface area (Å²) in [5, 5.41) is 5.10. The molecule has 4 rings (SSSR count). The van der Waals surface area contributed by atoms with Crippen molar-refractivity contribution in [1.29, 1.82) is 0 Å². The Morgan fingerprint density at radius 1 is 1.03 bits per heavy atom. The molecule has 0 radical (unpaired) electrons. The molecule has 0 unspecified atom stereocenters. The summed E-state index contributed by atoms with van der Waals surface area (Å²) in [6.07, 6.45) is 1.97. The Balaban J connectivity index is 1.47. The third-order valence-corrected chi connectivity index (χ3v) is 9.29. The predicted molar refractivity (Wildman–Crippen MR) is 117 cm³/mol. The van der Waals surface area contributed by atoms with Gasteiger partial charge in [-0.2, -0.15) is 4.31 Å². The minimum absolute atomic E-state index is 0.126. The Labute approximate surface area is 179 Å². The molecule has 0 aliphatic carbocycles. The van der Waals surface area contributed by atoms with Gasteiger partial charge in [-0.05, 0) is 42.0 Å². The Hall–Kier alpha value is -2.00. The maximum atomic E-state index is 12.7. The van der Waals surface area contributed by atoms with Crippen molar-refractivity contribution in [1.82, 2.24) is 9.62 Å². The van der Waals surface area contributed by atoms with Crippen molar-refractivity contribution in [2.24, 2.45) is 0 Å². The van der Waals surface area contributed by atoms with Gasteiger partial charge in [0.25, 0.3) is 10.0 Å².